The monoisotopic (exact) mass is 412 g/mol. The van der Waals surface area contributed by atoms with Gasteiger partial charge in [0.25, 0.3) is 15.9 Å². The van der Waals surface area contributed by atoms with Crippen LogP contribution >= 0.6 is 15.9 Å². The van der Waals surface area contributed by atoms with Gasteiger partial charge in [0.15, 0.2) is 0 Å². The number of nitrogens with one attached hydrogen (secondary N) is 1. The third-order valence-electron chi connectivity index (χ3n) is 4.07. The van der Waals surface area contributed by atoms with Gasteiger partial charge in [-0.25, -0.2) is 13.1 Å². The van der Waals surface area contributed by atoms with Gasteiger partial charge in [-0.15, -0.1) is 0 Å². The fourth-order valence-corrected chi connectivity index (χ4v) is 4.29. The molecule has 0 radical (unpaired) electrons. The fourth-order valence-electron chi connectivity index (χ4n) is 2.82. The molecule has 1 aliphatic heterocycles. The second kappa shape index (κ2) is 6.34. The number of hydrogen-bond acceptors (Lipinski definition) is 4. The minimum absolute atomic E-state index is 0.235. The van der Waals surface area contributed by atoms with Crippen molar-refractivity contribution in [3.8, 4) is 0 Å². The maximum absolute atomic E-state index is 12.6. The Morgan fingerprint density at radius 3 is 2.79 bits per heavy atom. The van der Waals surface area contributed by atoms with Crippen molar-refractivity contribution in [2.75, 3.05) is 13.6 Å². The topological polar surface area (TPSA) is 79.6 Å². The lowest BCUT2D eigenvalue weighted by molar-refractivity contribution is 0.0733. The number of carbonyl (C=O) groups is 1. The van der Waals surface area contributed by atoms with E-state index in [9.17, 15) is 13.2 Å². The van der Waals surface area contributed by atoms with Crippen LogP contribution in [0.25, 0.3) is 0 Å². The summed E-state index contributed by atoms with van der Waals surface area (Å²) in [5, 5.41) is -0.260. The largest absolute Gasteiger partial charge is 0.451 e. The summed E-state index contributed by atoms with van der Waals surface area (Å²) in [6.07, 6.45) is 1.94. The number of furan rings is 1. The molecule has 2 heterocycles. The lowest BCUT2D eigenvalue weighted by Gasteiger charge is -2.29. The zero-order valence-electron chi connectivity index (χ0n) is 13.3. The number of benzene rings is 1. The summed E-state index contributed by atoms with van der Waals surface area (Å²) in [6.45, 7) is 3.08. The highest BCUT2D eigenvalue weighted by Gasteiger charge is 2.26. The third kappa shape index (κ3) is 3.13. The molecule has 6 nitrogen and oxygen atoms in total. The molecular weight excluding hydrogens is 396 g/mol. The van der Waals surface area contributed by atoms with Gasteiger partial charge in [-0.05, 0) is 43.1 Å². The lowest BCUT2D eigenvalue weighted by Crippen LogP contribution is -2.36. The lowest BCUT2D eigenvalue weighted by atomic mass is 9.97. The highest BCUT2D eigenvalue weighted by atomic mass is 79.9. The van der Waals surface area contributed by atoms with Crippen molar-refractivity contribution in [2.24, 2.45) is 0 Å². The van der Waals surface area contributed by atoms with E-state index in [2.05, 4.69) is 32.8 Å². The quantitative estimate of drug-likeness (QED) is 0.839. The zero-order valence-corrected chi connectivity index (χ0v) is 15.7. The van der Waals surface area contributed by atoms with Crippen LogP contribution in [-0.4, -0.2) is 32.8 Å². The van der Waals surface area contributed by atoms with Gasteiger partial charge in [0.1, 0.15) is 6.26 Å². The van der Waals surface area contributed by atoms with Crippen LogP contribution in [0.15, 0.2) is 38.4 Å². The molecule has 0 saturated heterocycles. The Hall–Kier alpha value is -1.64. The number of amides is 1. The molecule has 0 spiro atoms. The van der Waals surface area contributed by atoms with Crippen molar-refractivity contribution in [1.82, 2.24) is 9.62 Å². The zero-order chi connectivity index (χ0) is 17.5. The van der Waals surface area contributed by atoms with Crippen LogP contribution in [0, 0.1) is 6.92 Å². The number of fused-ring (bicyclic) bond motifs is 1. The fraction of sp³-hybridized carbons (Fsp3) is 0.312. The van der Waals surface area contributed by atoms with Gasteiger partial charge in [0, 0.05) is 23.6 Å². The summed E-state index contributed by atoms with van der Waals surface area (Å²) in [7, 11) is -2.40. The molecule has 1 amide bonds. The van der Waals surface area contributed by atoms with Crippen LogP contribution in [0.3, 0.4) is 0 Å². The molecule has 8 heteroatoms. The molecule has 3 rings (SSSR count). The number of hydrogen-bond donors (Lipinski definition) is 1. The van der Waals surface area contributed by atoms with Crippen LogP contribution in [0.4, 0.5) is 0 Å². The van der Waals surface area contributed by atoms with Crippen molar-refractivity contribution < 1.29 is 17.6 Å². The van der Waals surface area contributed by atoms with Gasteiger partial charge in [0.2, 0.25) is 5.09 Å². The van der Waals surface area contributed by atoms with E-state index in [0.29, 0.717) is 13.1 Å². The Labute approximate surface area is 149 Å². The molecule has 24 heavy (non-hydrogen) atoms. The molecule has 2 aromatic rings. The van der Waals surface area contributed by atoms with E-state index in [1.54, 1.807) is 4.90 Å². The first-order valence-electron chi connectivity index (χ1n) is 7.41. The van der Waals surface area contributed by atoms with E-state index in [1.807, 2.05) is 6.92 Å². The van der Waals surface area contributed by atoms with Crippen LogP contribution in [0.2, 0.25) is 0 Å². The molecule has 1 aromatic heterocycles. The van der Waals surface area contributed by atoms with Crippen molar-refractivity contribution >= 4 is 31.9 Å². The second-order valence-electron chi connectivity index (χ2n) is 5.72. The smallest absolute Gasteiger partial charge is 0.273 e. The predicted molar refractivity (Wildman–Crippen MR) is 92.3 cm³/mol. The minimum Gasteiger partial charge on any atom is -0.451 e. The Balaban J connectivity index is 1.84. The molecular formula is C16H17BrN2O4S. The first-order valence-corrected chi connectivity index (χ1v) is 9.68. The number of rotatable bonds is 3. The maximum atomic E-state index is 12.6. The molecule has 0 bridgehead atoms. The van der Waals surface area contributed by atoms with Crippen molar-refractivity contribution in [3.05, 3.63) is 51.2 Å². The summed E-state index contributed by atoms with van der Waals surface area (Å²) >= 11 is 3.58. The third-order valence-corrected chi connectivity index (χ3v) is 6.06. The SMILES string of the molecule is CNS(=O)(=O)c1cc(C(=O)N2CCc3c(Br)cc(C)cc3C2)co1. The van der Waals surface area contributed by atoms with Crippen LogP contribution in [0.1, 0.15) is 27.0 Å². The second-order valence-corrected chi connectivity index (χ2v) is 8.39. The highest BCUT2D eigenvalue weighted by molar-refractivity contribution is 9.10. The Morgan fingerprint density at radius 1 is 1.33 bits per heavy atom. The molecule has 0 atom stereocenters. The van der Waals surface area contributed by atoms with Gasteiger partial charge >= 0.3 is 0 Å². The molecule has 0 aliphatic carbocycles. The van der Waals surface area contributed by atoms with E-state index >= 15 is 0 Å². The Bertz CT molecular complexity index is 905. The number of aryl methyl sites for hydroxylation is 1. The molecule has 1 aromatic carbocycles. The van der Waals surface area contributed by atoms with Crippen LogP contribution in [0.5, 0.6) is 0 Å². The van der Waals surface area contributed by atoms with E-state index in [1.165, 1.54) is 24.9 Å². The minimum atomic E-state index is -3.70. The number of carbonyl (C=O) groups excluding carboxylic acids is 1. The number of sulfonamides is 1. The molecule has 0 saturated carbocycles. The molecule has 1 aliphatic rings. The highest BCUT2D eigenvalue weighted by Crippen LogP contribution is 2.29. The number of nitrogens with zero attached hydrogens (tertiary/aromatic N) is 1. The molecule has 128 valence electrons. The summed E-state index contributed by atoms with van der Waals surface area (Å²) < 4.78 is 31.7. The van der Waals surface area contributed by atoms with Crippen LogP contribution < -0.4 is 4.72 Å². The summed E-state index contributed by atoms with van der Waals surface area (Å²) in [6, 6.07) is 5.41. The normalized spacial score (nSPS) is 14.5. The summed E-state index contributed by atoms with van der Waals surface area (Å²) in [4.78, 5) is 14.4. The van der Waals surface area contributed by atoms with E-state index in [-0.39, 0.29) is 16.6 Å². The van der Waals surface area contributed by atoms with Crippen molar-refractivity contribution in [3.63, 3.8) is 0 Å². The Morgan fingerprint density at radius 2 is 2.08 bits per heavy atom. The average molecular weight is 413 g/mol. The Kier molecular flexibility index (Phi) is 4.54. The molecule has 0 unspecified atom stereocenters. The number of halogens is 1. The van der Waals surface area contributed by atoms with E-state index in [4.69, 9.17) is 4.42 Å². The van der Waals surface area contributed by atoms with E-state index < -0.39 is 10.0 Å². The van der Waals surface area contributed by atoms with Crippen molar-refractivity contribution in [2.45, 2.75) is 25.0 Å². The van der Waals surface area contributed by atoms with Gasteiger partial charge in [0.05, 0.1) is 5.56 Å². The van der Waals surface area contributed by atoms with Gasteiger partial charge < -0.3 is 9.32 Å². The van der Waals surface area contributed by atoms with Gasteiger partial charge in [-0.2, -0.15) is 0 Å². The van der Waals surface area contributed by atoms with Crippen LogP contribution in [-0.2, 0) is 23.0 Å². The standard InChI is InChI=1S/C16H17BrN2O4S/c1-10-5-11-8-19(4-3-13(11)14(17)6-10)16(20)12-7-15(23-9-12)24(21,22)18-2/h5-7,9,18H,3-4,8H2,1-2H3. The first-order chi connectivity index (χ1) is 11.3. The summed E-state index contributed by atoms with van der Waals surface area (Å²) in [5.41, 5.74) is 3.68. The first kappa shape index (κ1) is 17.2. The molecule has 1 N–H and O–H groups in total. The van der Waals surface area contributed by atoms with E-state index in [0.717, 1.165) is 22.0 Å². The average Bonchev–Trinajstić information content (AvgIpc) is 3.04. The molecule has 0 fully saturated rings. The maximum Gasteiger partial charge on any atom is 0.273 e. The predicted octanol–water partition coefficient (Wildman–Crippen LogP) is 2.46. The van der Waals surface area contributed by atoms with Gasteiger partial charge in [-0.3, -0.25) is 4.79 Å². The van der Waals surface area contributed by atoms with Gasteiger partial charge in [-0.1, -0.05) is 22.0 Å². The van der Waals surface area contributed by atoms with Crippen molar-refractivity contribution in [1.29, 1.82) is 0 Å². The summed E-state index contributed by atoms with van der Waals surface area (Å²) in [5.74, 6) is -0.236.